The Bertz CT molecular complexity index is 92.9. The third kappa shape index (κ3) is 122. The van der Waals surface area contributed by atoms with Crippen LogP contribution in [0.2, 0.25) is 0 Å². The van der Waals surface area contributed by atoms with Gasteiger partial charge in [-0.05, 0) is 0 Å². The molecule has 40 valence electrons. The minimum Gasteiger partial charge on any atom is -0.264 e. The zero-order valence-electron chi connectivity index (χ0n) is 3.12. The molecule has 0 rings (SSSR count). The van der Waals surface area contributed by atoms with E-state index in [9.17, 15) is 0 Å². The summed E-state index contributed by atoms with van der Waals surface area (Å²) in [6.45, 7) is 0. The molecule has 0 aliphatic heterocycles. The Balaban J connectivity index is -0.0000000800. The molecule has 0 saturated carbocycles. The van der Waals surface area contributed by atoms with Crippen LogP contribution in [0, 0.1) is 0 Å². The zero-order chi connectivity index (χ0) is 4.50. The van der Waals surface area contributed by atoms with Crippen LogP contribution in [-0.4, -0.2) is 17.5 Å². The number of rotatable bonds is 0. The van der Waals surface area contributed by atoms with Crippen molar-refractivity contribution in [2.45, 2.75) is 0 Å². The molecule has 0 aromatic heterocycles. The van der Waals surface area contributed by atoms with Crippen LogP contribution in [0.15, 0.2) is 0 Å². The molecule has 0 unspecified atom stereocenters. The molecule has 0 aromatic carbocycles. The topological polar surface area (TPSA) is 74.6 Å². The van der Waals surface area contributed by atoms with E-state index < -0.39 is 10.4 Å². The molecule has 2 N–H and O–H groups in total. The first kappa shape index (κ1) is 15.7. The Hall–Kier alpha value is 1.30. The van der Waals surface area contributed by atoms with Gasteiger partial charge in [0.2, 0.25) is 0 Å². The maximum atomic E-state index is 8.74. The molecular weight excluding hydrogens is 192 g/mol. The fourth-order valence-corrected chi connectivity index (χ4v) is 0. The molecule has 0 aliphatic rings. The monoisotopic (exact) mass is 194 g/mol. The zero-order valence-corrected chi connectivity index (χ0v) is 7.06. The Morgan fingerprint density at radius 1 is 1.00 bits per heavy atom. The summed E-state index contributed by atoms with van der Waals surface area (Å²) in [6, 6.07) is 0. The van der Waals surface area contributed by atoms with Gasteiger partial charge in [-0.3, -0.25) is 9.11 Å². The van der Waals surface area contributed by atoms with Crippen LogP contribution in [0.3, 0.4) is 0 Å². The first-order valence-electron chi connectivity index (χ1n) is 0.698. The maximum absolute atomic E-state index is 8.74. The smallest absolute Gasteiger partial charge is 0.264 e. The summed E-state index contributed by atoms with van der Waals surface area (Å²) in [5.74, 6) is 0. The summed E-state index contributed by atoms with van der Waals surface area (Å²) < 4.78 is 31.6. The van der Waals surface area contributed by atoms with Gasteiger partial charge in [-0.1, -0.05) is 0 Å². The third-order valence-corrected chi connectivity index (χ3v) is 0. The fourth-order valence-electron chi connectivity index (χ4n) is 0. The molecule has 0 bridgehead atoms. The van der Waals surface area contributed by atoms with Crippen LogP contribution in [0.4, 0.5) is 0 Å². The molecule has 0 spiro atoms. The molecular formula is H2O4STi2. The predicted octanol–water partition coefficient (Wildman–Crippen LogP) is -0.658. The van der Waals surface area contributed by atoms with Crippen molar-refractivity contribution in [3.63, 3.8) is 0 Å². The number of hydrogen-bond acceptors (Lipinski definition) is 2. The Morgan fingerprint density at radius 2 is 1.00 bits per heavy atom. The van der Waals surface area contributed by atoms with Crippen molar-refractivity contribution in [2.24, 2.45) is 0 Å². The first-order valence-corrected chi connectivity index (χ1v) is 2.10. The van der Waals surface area contributed by atoms with E-state index in [1.54, 1.807) is 0 Å². The molecule has 0 radical (unpaired) electrons. The van der Waals surface area contributed by atoms with Crippen molar-refractivity contribution in [2.75, 3.05) is 0 Å². The molecule has 4 nitrogen and oxygen atoms in total. The van der Waals surface area contributed by atoms with Gasteiger partial charge in [0.1, 0.15) is 0 Å². The normalized spacial score (nSPS) is 8.29. The van der Waals surface area contributed by atoms with Gasteiger partial charge in [-0.2, -0.15) is 8.42 Å². The van der Waals surface area contributed by atoms with Gasteiger partial charge in [-0.15, -0.1) is 0 Å². The second-order valence-electron chi connectivity index (χ2n) is 0.448. The summed E-state index contributed by atoms with van der Waals surface area (Å²) in [4.78, 5) is 0. The Labute approximate surface area is 71.0 Å². The van der Waals surface area contributed by atoms with Gasteiger partial charge >= 0.3 is 10.4 Å². The average molecular weight is 194 g/mol. The molecule has 7 heteroatoms. The van der Waals surface area contributed by atoms with Crippen LogP contribution in [0.25, 0.3) is 0 Å². The van der Waals surface area contributed by atoms with Gasteiger partial charge in [0.15, 0.2) is 0 Å². The summed E-state index contributed by atoms with van der Waals surface area (Å²) >= 11 is 0. The van der Waals surface area contributed by atoms with Crippen LogP contribution in [0.5, 0.6) is 0 Å². The quantitative estimate of drug-likeness (QED) is 0.396. The van der Waals surface area contributed by atoms with E-state index in [-0.39, 0.29) is 43.4 Å². The predicted molar refractivity (Wildman–Crippen MR) is 14.2 cm³/mol. The van der Waals surface area contributed by atoms with Crippen molar-refractivity contribution in [3.8, 4) is 0 Å². The number of hydrogen-bond donors (Lipinski definition) is 2. The van der Waals surface area contributed by atoms with Gasteiger partial charge in [0.25, 0.3) is 0 Å². The molecule has 0 atom stereocenters. The Kier molecular flexibility index (Phi) is 12.2. The van der Waals surface area contributed by atoms with Crippen LogP contribution in [0.1, 0.15) is 0 Å². The van der Waals surface area contributed by atoms with Crippen molar-refractivity contribution < 1.29 is 61.0 Å². The molecule has 0 heterocycles. The second-order valence-corrected chi connectivity index (χ2v) is 1.34. The standard InChI is InChI=1S/H2O4S.2Ti/c1-5(2,3)4;;/h(H2,1,2,3,4);;. The molecule has 7 heavy (non-hydrogen) atoms. The minimum absolute atomic E-state index is 0. The largest absolute Gasteiger partial charge is 0.394 e. The van der Waals surface area contributed by atoms with Crippen molar-refractivity contribution in [1.82, 2.24) is 0 Å². The van der Waals surface area contributed by atoms with E-state index in [0.717, 1.165) is 0 Å². The van der Waals surface area contributed by atoms with Crippen LogP contribution in [-0.2, 0) is 53.8 Å². The summed E-state index contributed by atoms with van der Waals surface area (Å²) in [6.07, 6.45) is 0. The summed E-state index contributed by atoms with van der Waals surface area (Å²) in [5, 5.41) is 0. The van der Waals surface area contributed by atoms with Gasteiger partial charge in [-0.25, -0.2) is 0 Å². The molecule has 0 fully saturated rings. The third-order valence-electron chi connectivity index (χ3n) is 0. The van der Waals surface area contributed by atoms with E-state index in [1.165, 1.54) is 0 Å². The van der Waals surface area contributed by atoms with Crippen LogP contribution >= 0.6 is 0 Å². The molecule has 0 saturated heterocycles. The van der Waals surface area contributed by atoms with E-state index >= 15 is 0 Å². The van der Waals surface area contributed by atoms with E-state index in [1.807, 2.05) is 0 Å². The second kappa shape index (κ2) is 5.44. The maximum Gasteiger partial charge on any atom is 0.394 e. The van der Waals surface area contributed by atoms with Crippen molar-refractivity contribution in [3.05, 3.63) is 0 Å². The molecule has 0 aromatic rings. The minimum atomic E-state index is -4.67. The average Bonchev–Trinajstić information content (AvgIpc) is 0.722. The van der Waals surface area contributed by atoms with E-state index in [4.69, 9.17) is 17.5 Å². The first-order chi connectivity index (χ1) is 2.00. The van der Waals surface area contributed by atoms with E-state index in [2.05, 4.69) is 0 Å². The summed E-state index contributed by atoms with van der Waals surface area (Å²) in [7, 11) is -4.67. The van der Waals surface area contributed by atoms with Gasteiger partial charge in [0, 0.05) is 43.4 Å². The van der Waals surface area contributed by atoms with Crippen LogP contribution < -0.4 is 0 Å². The van der Waals surface area contributed by atoms with E-state index in [0.29, 0.717) is 0 Å². The SMILES string of the molecule is O=S(=O)(O)O.[Ti].[Ti]. The van der Waals surface area contributed by atoms with Crippen molar-refractivity contribution >= 4 is 10.4 Å². The molecule has 0 amide bonds. The Morgan fingerprint density at radius 3 is 1.00 bits per heavy atom. The summed E-state index contributed by atoms with van der Waals surface area (Å²) in [5.41, 5.74) is 0. The van der Waals surface area contributed by atoms with Gasteiger partial charge in [0.05, 0.1) is 0 Å². The van der Waals surface area contributed by atoms with Crippen molar-refractivity contribution in [1.29, 1.82) is 0 Å². The molecule has 0 aliphatic carbocycles. The van der Waals surface area contributed by atoms with Gasteiger partial charge < -0.3 is 0 Å². The fraction of sp³-hybridized carbons (Fsp3) is 0.